The lowest BCUT2D eigenvalue weighted by atomic mass is 9.99. The highest BCUT2D eigenvalue weighted by molar-refractivity contribution is 5.76. The van der Waals surface area contributed by atoms with E-state index < -0.39 is 18.2 Å². The zero-order chi connectivity index (χ0) is 37.3. The molecule has 0 saturated carbocycles. The van der Waals surface area contributed by atoms with Gasteiger partial charge >= 0.3 is 0 Å². The number of carbonyl (C=O) groups is 1. The summed E-state index contributed by atoms with van der Waals surface area (Å²) in [7, 11) is 0. The number of nitrogens with one attached hydrogen (secondary N) is 1. The lowest BCUT2D eigenvalue weighted by Gasteiger charge is -2.26. The molecule has 5 nitrogen and oxygen atoms in total. The summed E-state index contributed by atoms with van der Waals surface area (Å²) in [6, 6.07) is -0.808. The summed E-state index contributed by atoms with van der Waals surface area (Å²) in [5, 5.41) is 33.6. The number of hydrogen-bond donors (Lipinski definition) is 4. The van der Waals surface area contributed by atoms with Gasteiger partial charge in [0.25, 0.3) is 0 Å². The van der Waals surface area contributed by atoms with Crippen LogP contribution in [0, 0.1) is 0 Å². The molecule has 0 aromatic heterocycles. The molecule has 3 unspecified atom stereocenters. The first-order valence-corrected chi connectivity index (χ1v) is 23.0. The molecule has 5 heteroatoms. The lowest BCUT2D eigenvalue weighted by Crippen LogP contribution is -2.50. The fourth-order valence-corrected chi connectivity index (χ4v) is 7.28. The van der Waals surface area contributed by atoms with E-state index in [1.54, 1.807) is 0 Å². The molecule has 0 aromatic carbocycles. The number of aliphatic hydroxyl groups excluding tert-OH is 3. The Hall–Kier alpha value is -0.910. The van der Waals surface area contributed by atoms with Crippen LogP contribution in [0.25, 0.3) is 0 Å². The minimum Gasteiger partial charge on any atom is -0.394 e. The van der Waals surface area contributed by atoms with E-state index in [2.05, 4.69) is 31.3 Å². The van der Waals surface area contributed by atoms with E-state index in [4.69, 9.17) is 0 Å². The molecule has 0 saturated heterocycles. The maximum absolute atomic E-state index is 12.4. The monoisotopic (exact) mass is 722 g/mol. The standard InChI is InChI=1S/C46H91NO4/c1-3-5-7-9-11-13-15-17-19-20-21-22-23-24-25-27-28-30-32-34-36-38-40-44(49)46(51)43(42-48)47-45(50)41-39-37-35-33-31-29-26-18-16-14-12-10-8-6-4-2/h14,16,43-44,46,48-49,51H,3-13,15,17-42H2,1-2H3,(H,47,50)/b16-14-. The SMILES string of the molecule is CCCCCC/C=C\CCCCCCCCCC(=O)NC(CO)C(O)C(O)CCCCCCCCCCCCCCCCCCCCCCCC. The minimum atomic E-state index is -1.13. The molecule has 0 radical (unpaired) electrons. The Morgan fingerprint density at radius 1 is 0.471 bits per heavy atom. The molecule has 51 heavy (non-hydrogen) atoms. The van der Waals surface area contributed by atoms with Crippen LogP contribution in [0.2, 0.25) is 0 Å². The van der Waals surface area contributed by atoms with Crippen molar-refractivity contribution in [2.75, 3.05) is 6.61 Å². The third-order valence-corrected chi connectivity index (χ3v) is 10.9. The van der Waals surface area contributed by atoms with Crippen molar-refractivity contribution in [2.45, 2.75) is 270 Å². The minimum absolute atomic E-state index is 0.147. The van der Waals surface area contributed by atoms with Gasteiger partial charge in [-0.05, 0) is 38.5 Å². The van der Waals surface area contributed by atoms with Gasteiger partial charge in [-0.15, -0.1) is 0 Å². The molecule has 0 heterocycles. The van der Waals surface area contributed by atoms with E-state index in [1.807, 2.05) is 0 Å². The topological polar surface area (TPSA) is 89.8 Å². The summed E-state index contributed by atoms with van der Waals surface area (Å²) >= 11 is 0. The Balaban J connectivity index is 3.57. The van der Waals surface area contributed by atoms with Crippen LogP contribution >= 0.6 is 0 Å². The van der Waals surface area contributed by atoms with Crippen LogP contribution in [-0.4, -0.2) is 46.1 Å². The van der Waals surface area contributed by atoms with E-state index in [9.17, 15) is 20.1 Å². The average molecular weight is 722 g/mol. The number of aliphatic hydroxyl groups is 3. The molecule has 0 aliphatic rings. The fraction of sp³-hybridized carbons (Fsp3) is 0.935. The zero-order valence-corrected chi connectivity index (χ0v) is 34.5. The van der Waals surface area contributed by atoms with Gasteiger partial charge in [0.2, 0.25) is 5.91 Å². The van der Waals surface area contributed by atoms with Crippen LogP contribution in [-0.2, 0) is 4.79 Å². The van der Waals surface area contributed by atoms with Crippen molar-refractivity contribution in [2.24, 2.45) is 0 Å². The molecule has 4 N–H and O–H groups in total. The van der Waals surface area contributed by atoms with E-state index in [0.717, 1.165) is 32.1 Å². The average Bonchev–Trinajstić information content (AvgIpc) is 3.13. The number of allylic oxidation sites excluding steroid dienone is 2. The second-order valence-electron chi connectivity index (χ2n) is 16.0. The quantitative estimate of drug-likeness (QED) is 0.0373. The van der Waals surface area contributed by atoms with E-state index in [-0.39, 0.29) is 12.5 Å². The third-order valence-electron chi connectivity index (χ3n) is 10.9. The smallest absolute Gasteiger partial charge is 0.220 e. The molecule has 0 rings (SSSR count). The van der Waals surface area contributed by atoms with Gasteiger partial charge in [0.1, 0.15) is 6.10 Å². The highest BCUT2D eigenvalue weighted by atomic mass is 16.3. The molecule has 0 aliphatic carbocycles. The Kier molecular flexibility index (Phi) is 41.1. The van der Waals surface area contributed by atoms with Gasteiger partial charge in [0.05, 0.1) is 18.8 Å². The van der Waals surface area contributed by atoms with Crippen LogP contribution in [0.3, 0.4) is 0 Å². The molecule has 0 fully saturated rings. The van der Waals surface area contributed by atoms with Gasteiger partial charge in [-0.1, -0.05) is 219 Å². The van der Waals surface area contributed by atoms with Gasteiger partial charge < -0.3 is 20.6 Å². The van der Waals surface area contributed by atoms with Gasteiger partial charge in [-0.3, -0.25) is 4.79 Å². The van der Waals surface area contributed by atoms with Crippen LogP contribution in [0.5, 0.6) is 0 Å². The van der Waals surface area contributed by atoms with Gasteiger partial charge in [-0.2, -0.15) is 0 Å². The lowest BCUT2D eigenvalue weighted by molar-refractivity contribution is -0.124. The maximum Gasteiger partial charge on any atom is 0.220 e. The molecule has 0 bridgehead atoms. The molecule has 0 spiro atoms. The molecule has 1 amide bonds. The van der Waals surface area contributed by atoms with Crippen molar-refractivity contribution in [3.63, 3.8) is 0 Å². The molecule has 3 atom stereocenters. The Morgan fingerprint density at radius 3 is 1.16 bits per heavy atom. The highest BCUT2D eigenvalue weighted by Crippen LogP contribution is 2.17. The second kappa shape index (κ2) is 41.8. The van der Waals surface area contributed by atoms with Gasteiger partial charge in [0, 0.05) is 6.42 Å². The van der Waals surface area contributed by atoms with Crippen molar-refractivity contribution >= 4 is 5.91 Å². The predicted molar refractivity (Wildman–Crippen MR) is 222 cm³/mol. The summed E-state index contributed by atoms with van der Waals surface area (Å²) in [5.41, 5.74) is 0. The first-order valence-electron chi connectivity index (χ1n) is 23.0. The van der Waals surface area contributed by atoms with Gasteiger partial charge in [-0.25, -0.2) is 0 Å². The summed E-state index contributed by atoms with van der Waals surface area (Å²) in [6.07, 6.45) is 48.9. The Morgan fingerprint density at radius 2 is 0.784 bits per heavy atom. The van der Waals surface area contributed by atoms with Crippen molar-refractivity contribution in [1.82, 2.24) is 5.32 Å². The number of amides is 1. The molecule has 304 valence electrons. The second-order valence-corrected chi connectivity index (χ2v) is 16.0. The largest absolute Gasteiger partial charge is 0.394 e. The van der Waals surface area contributed by atoms with Crippen LogP contribution < -0.4 is 5.32 Å². The normalized spacial score (nSPS) is 13.6. The Bertz CT molecular complexity index is 713. The highest BCUT2D eigenvalue weighted by Gasteiger charge is 2.26. The first kappa shape index (κ1) is 50.1. The Labute approximate surface area is 319 Å². The predicted octanol–water partition coefficient (Wildman–Crippen LogP) is 13.2. The van der Waals surface area contributed by atoms with E-state index >= 15 is 0 Å². The van der Waals surface area contributed by atoms with Crippen molar-refractivity contribution < 1.29 is 20.1 Å². The summed E-state index contributed by atoms with van der Waals surface area (Å²) in [4.78, 5) is 12.4. The van der Waals surface area contributed by atoms with Crippen LogP contribution in [0.1, 0.15) is 251 Å². The molecular weight excluding hydrogens is 631 g/mol. The maximum atomic E-state index is 12.4. The first-order chi connectivity index (χ1) is 25.1. The number of rotatable bonds is 42. The van der Waals surface area contributed by atoms with Crippen molar-refractivity contribution in [1.29, 1.82) is 0 Å². The molecule has 0 aliphatic heterocycles. The third kappa shape index (κ3) is 37.2. The molecular formula is C46H91NO4. The zero-order valence-electron chi connectivity index (χ0n) is 34.5. The summed E-state index contributed by atoms with van der Waals surface area (Å²) in [5.74, 6) is -0.147. The number of carbonyl (C=O) groups excluding carboxylic acids is 1. The fourth-order valence-electron chi connectivity index (χ4n) is 7.28. The summed E-state index contributed by atoms with van der Waals surface area (Å²) in [6.45, 7) is 4.18. The van der Waals surface area contributed by atoms with Gasteiger partial charge in [0.15, 0.2) is 0 Å². The number of hydrogen-bond acceptors (Lipinski definition) is 4. The van der Waals surface area contributed by atoms with Crippen molar-refractivity contribution in [3.8, 4) is 0 Å². The van der Waals surface area contributed by atoms with E-state index in [1.165, 1.54) is 193 Å². The number of unbranched alkanes of at least 4 members (excludes halogenated alkanes) is 32. The van der Waals surface area contributed by atoms with Crippen LogP contribution in [0.4, 0.5) is 0 Å². The molecule has 0 aromatic rings. The van der Waals surface area contributed by atoms with Crippen molar-refractivity contribution in [3.05, 3.63) is 12.2 Å². The van der Waals surface area contributed by atoms with E-state index in [0.29, 0.717) is 12.8 Å². The van der Waals surface area contributed by atoms with Crippen LogP contribution in [0.15, 0.2) is 12.2 Å². The summed E-state index contributed by atoms with van der Waals surface area (Å²) < 4.78 is 0.